The first-order valence-electron chi connectivity index (χ1n) is 5.87. The molecule has 1 aromatic rings. The predicted octanol–water partition coefficient (Wildman–Crippen LogP) is 2.38. The van der Waals surface area contributed by atoms with Crippen LogP contribution in [0.1, 0.15) is 12.0 Å². The van der Waals surface area contributed by atoms with Crippen molar-refractivity contribution in [2.24, 2.45) is 0 Å². The largest absolute Gasteiger partial charge is 0.417 e. The molecule has 1 aromatic heterocycles. The van der Waals surface area contributed by atoms with E-state index in [9.17, 15) is 21.6 Å². The first kappa shape index (κ1) is 15.4. The average molecular weight is 329 g/mol. The summed E-state index contributed by atoms with van der Waals surface area (Å²) in [6.45, 7) is 0.581. The van der Waals surface area contributed by atoms with E-state index in [-0.39, 0.29) is 28.9 Å². The summed E-state index contributed by atoms with van der Waals surface area (Å²) < 4.78 is 60.5. The van der Waals surface area contributed by atoms with Crippen LogP contribution in [0.5, 0.6) is 0 Å². The van der Waals surface area contributed by atoms with Crippen molar-refractivity contribution in [1.82, 2.24) is 4.98 Å². The summed E-state index contributed by atoms with van der Waals surface area (Å²) in [6.07, 6.45) is -3.39. The molecule has 0 spiro atoms. The number of hydrogen-bond acceptors (Lipinski definition) is 4. The van der Waals surface area contributed by atoms with E-state index in [1.807, 2.05) is 0 Å². The Kier molecular flexibility index (Phi) is 4.15. The van der Waals surface area contributed by atoms with Crippen LogP contribution in [0.2, 0.25) is 5.02 Å². The van der Waals surface area contributed by atoms with Crippen LogP contribution in [-0.2, 0) is 16.0 Å². The second-order valence-corrected chi connectivity index (χ2v) is 7.23. The molecule has 2 heterocycles. The molecule has 0 radical (unpaired) electrons. The number of rotatable bonds is 1. The number of pyridine rings is 1. The SMILES string of the molecule is O=S1(=O)CCCN(c2ncc(C(F)(F)F)cc2Cl)CC1. The minimum absolute atomic E-state index is 0.0496. The number of sulfone groups is 1. The summed E-state index contributed by atoms with van der Waals surface area (Å²) in [4.78, 5) is 5.34. The van der Waals surface area contributed by atoms with Crippen molar-refractivity contribution in [3.63, 3.8) is 0 Å². The summed E-state index contributed by atoms with van der Waals surface area (Å²) in [6, 6.07) is 0.809. The van der Waals surface area contributed by atoms with Gasteiger partial charge in [-0.1, -0.05) is 11.6 Å². The normalized spacial score (nSPS) is 19.7. The van der Waals surface area contributed by atoms with Crippen LogP contribution in [0.15, 0.2) is 12.3 Å². The fraction of sp³-hybridized carbons (Fsp3) is 0.545. The van der Waals surface area contributed by atoms with Crippen LogP contribution in [-0.4, -0.2) is 38.0 Å². The third kappa shape index (κ3) is 3.54. The first-order valence-corrected chi connectivity index (χ1v) is 8.07. The number of alkyl halides is 3. The fourth-order valence-electron chi connectivity index (χ4n) is 1.97. The highest BCUT2D eigenvalue weighted by atomic mass is 35.5. The lowest BCUT2D eigenvalue weighted by Crippen LogP contribution is -2.28. The van der Waals surface area contributed by atoms with Gasteiger partial charge < -0.3 is 4.90 Å². The second-order valence-electron chi connectivity index (χ2n) is 4.52. The maximum absolute atomic E-state index is 12.5. The molecular weight excluding hydrogens is 317 g/mol. The number of anilines is 1. The molecule has 20 heavy (non-hydrogen) atoms. The van der Waals surface area contributed by atoms with Crippen LogP contribution in [0, 0.1) is 0 Å². The molecule has 0 aromatic carbocycles. The highest BCUT2D eigenvalue weighted by Crippen LogP contribution is 2.33. The van der Waals surface area contributed by atoms with Gasteiger partial charge in [0.05, 0.1) is 22.1 Å². The lowest BCUT2D eigenvalue weighted by atomic mass is 10.2. The van der Waals surface area contributed by atoms with Gasteiger partial charge in [-0.25, -0.2) is 13.4 Å². The molecule has 0 amide bonds. The van der Waals surface area contributed by atoms with Crippen molar-refractivity contribution >= 4 is 27.3 Å². The van der Waals surface area contributed by atoms with E-state index in [1.54, 1.807) is 4.90 Å². The van der Waals surface area contributed by atoms with Crippen molar-refractivity contribution < 1.29 is 21.6 Å². The maximum atomic E-state index is 12.5. The highest BCUT2D eigenvalue weighted by molar-refractivity contribution is 7.91. The molecule has 0 N–H and O–H groups in total. The van der Waals surface area contributed by atoms with Crippen molar-refractivity contribution in [3.05, 3.63) is 22.8 Å². The third-order valence-electron chi connectivity index (χ3n) is 3.00. The van der Waals surface area contributed by atoms with E-state index in [0.717, 1.165) is 6.07 Å². The van der Waals surface area contributed by atoms with Crippen molar-refractivity contribution in [2.75, 3.05) is 29.5 Å². The number of halogens is 4. The molecule has 112 valence electrons. The van der Waals surface area contributed by atoms with Gasteiger partial charge in [0.25, 0.3) is 0 Å². The van der Waals surface area contributed by atoms with Gasteiger partial charge in [-0.15, -0.1) is 0 Å². The minimum Gasteiger partial charge on any atom is -0.354 e. The van der Waals surface area contributed by atoms with Gasteiger partial charge in [0.2, 0.25) is 0 Å². The summed E-state index contributed by atoms with van der Waals surface area (Å²) in [5.74, 6) is 0.213. The fourth-order valence-corrected chi connectivity index (χ4v) is 3.53. The standard InChI is InChI=1S/C11H12ClF3N2O2S/c12-9-6-8(11(13,14)15)7-16-10(9)17-2-1-4-20(18,19)5-3-17/h6-7H,1-5H2. The Morgan fingerprint density at radius 2 is 1.95 bits per heavy atom. The molecular formula is C11H12ClF3N2O2S. The summed E-state index contributed by atoms with van der Waals surface area (Å²) in [5, 5.41) is -0.126. The van der Waals surface area contributed by atoms with Crippen LogP contribution in [0.3, 0.4) is 0 Å². The lowest BCUT2D eigenvalue weighted by Gasteiger charge is -2.22. The van der Waals surface area contributed by atoms with Crippen LogP contribution in [0.25, 0.3) is 0 Å². The Labute approximate surface area is 119 Å². The Morgan fingerprint density at radius 3 is 2.55 bits per heavy atom. The molecule has 1 aliphatic heterocycles. The monoisotopic (exact) mass is 328 g/mol. The molecule has 2 rings (SSSR count). The smallest absolute Gasteiger partial charge is 0.354 e. The third-order valence-corrected chi connectivity index (χ3v) is 5.00. The first-order chi connectivity index (χ1) is 9.19. The molecule has 1 fully saturated rings. The zero-order valence-electron chi connectivity index (χ0n) is 10.3. The van der Waals surface area contributed by atoms with Gasteiger partial charge in [-0.2, -0.15) is 13.2 Å². The molecule has 0 bridgehead atoms. The van der Waals surface area contributed by atoms with Gasteiger partial charge in [0.1, 0.15) is 5.82 Å². The molecule has 1 aliphatic rings. The summed E-state index contributed by atoms with van der Waals surface area (Å²) >= 11 is 5.84. The lowest BCUT2D eigenvalue weighted by molar-refractivity contribution is -0.137. The Balaban J connectivity index is 2.25. The molecule has 0 atom stereocenters. The number of nitrogens with zero attached hydrogens (tertiary/aromatic N) is 2. The molecule has 0 saturated carbocycles. The van der Waals surface area contributed by atoms with Gasteiger partial charge >= 0.3 is 6.18 Å². The van der Waals surface area contributed by atoms with Gasteiger partial charge in [0.15, 0.2) is 9.84 Å². The van der Waals surface area contributed by atoms with Crippen molar-refractivity contribution in [1.29, 1.82) is 0 Å². The number of aromatic nitrogens is 1. The maximum Gasteiger partial charge on any atom is 0.417 e. The Bertz CT molecular complexity index is 604. The summed E-state index contributed by atoms with van der Waals surface area (Å²) in [5.41, 5.74) is -0.923. The predicted molar refractivity (Wildman–Crippen MR) is 69.7 cm³/mol. The van der Waals surface area contributed by atoms with Gasteiger partial charge in [-0.3, -0.25) is 0 Å². The van der Waals surface area contributed by atoms with E-state index in [1.165, 1.54) is 0 Å². The quantitative estimate of drug-likeness (QED) is 0.794. The molecule has 0 aliphatic carbocycles. The molecule has 4 nitrogen and oxygen atoms in total. The second kappa shape index (κ2) is 5.40. The zero-order valence-corrected chi connectivity index (χ0v) is 11.9. The topological polar surface area (TPSA) is 50.3 Å². The van der Waals surface area contributed by atoms with Crippen LogP contribution >= 0.6 is 11.6 Å². The van der Waals surface area contributed by atoms with E-state index in [0.29, 0.717) is 19.2 Å². The van der Waals surface area contributed by atoms with Crippen LogP contribution in [0.4, 0.5) is 19.0 Å². The average Bonchev–Trinajstić information content (AvgIpc) is 2.49. The highest BCUT2D eigenvalue weighted by Gasteiger charge is 2.32. The van der Waals surface area contributed by atoms with E-state index < -0.39 is 21.6 Å². The van der Waals surface area contributed by atoms with Crippen molar-refractivity contribution in [3.8, 4) is 0 Å². The van der Waals surface area contributed by atoms with E-state index in [4.69, 9.17) is 11.6 Å². The molecule has 9 heteroatoms. The molecule has 0 unspecified atom stereocenters. The molecule has 1 saturated heterocycles. The number of hydrogen-bond donors (Lipinski definition) is 0. The van der Waals surface area contributed by atoms with E-state index in [2.05, 4.69) is 4.98 Å². The summed E-state index contributed by atoms with van der Waals surface area (Å²) in [7, 11) is -3.10. The van der Waals surface area contributed by atoms with E-state index >= 15 is 0 Å². The van der Waals surface area contributed by atoms with Crippen molar-refractivity contribution in [2.45, 2.75) is 12.6 Å². The van der Waals surface area contributed by atoms with Crippen LogP contribution < -0.4 is 4.90 Å². The van der Waals surface area contributed by atoms with Gasteiger partial charge in [0, 0.05) is 19.3 Å². The van der Waals surface area contributed by atoms with Gasteiger partial charge in [-0.05, 0) is 12.5 Å². The Morgan fingerprint density at radius 1 is 1.25 bits per heavy atom. The zero-order chi connectivity index (χ0) is 15.0. The minimum atomic E-state index is -4.50. The Hall–Kier alpha value is -1.02.